The molecule has 0 fully saturated rings. The highest BCUT2D eigenvalue weighted by atomic mass is 16.4. The number of aromatic nitrogens is 3. The number of rotatable bonds is 5. The monoisotopic (exact) mass is 367 g/mol. The van der Waals surface area contributed by atoms with Crippen molar-refractivity contribution in [3.63, 3.8) is 0 Å². The number of anilines is 2. The molecule has 3 aromatic rings. The molecule has 2 heterocycles. The van der Waals surface area contributed by atoms with Crippen LogP contribution in [0, 0.1) is 0 Å². The van der Waals surface area contributed by atoms with Crippen LogP contribution in [-0.2, 0) is 16.6 Å². The lowest BCUT2D eigenvalue weighted by atomic mass is 9.78. The Morgan fingerprint density at radius 3 is 2.26 bits per heavy atom. The zero-order valence-corrected chi connectivity index (χ0v) is 14.4. The number of pyridine rings is 1. The molecule has 9 nitrogen and oxygen atoms in total. The first-order chi connectivity index (χ1) is 12.7. The molecule has 0 aliphatic carbocycles. The van der Waals surface area contributed by atoms with Crippen LogP contribution in [0.4, 0.5) is 11.8 Å². The Bertz CT molecular complexity index is 1050. The summed E-state index contributed by atoms with van der Waals surface area (Å²) in [4.78, 5) is 35.3. The van der Waals surface area contributed by atoms with Crippen LogP contribution in [0.5, 0.6) is 0 Å². The summed E-state index contributed by atoms with van der Waals surface area (Å²) in [5, 5.41) is 18.8. The van der Waals surface area contributed by atoms with Gasteiger partial charge in [-0.3, -0.25) is 4.79 Å². The van der Waals surface area contributed by atoms with Crippen molar-refractivity contribution >= 4 is 34.7 Å². The van der Waals surface area contributed by atoms with Gasteiger partial charge in [-0.15, -0.1) is 0 Å². The number of carboxylic acid groups (broad SMARTS) is 2. The second-order valence-corrected chi connectivity index (χ2v) is 6.33. The number of nitrogens with zero attached hydrogens (tertiary/aromatic N) is 3. The maximum absolute atomic E-state index is 12.0. The molecule has 1 atom stereocenters. The lowest BCUT2D eigenvalue weighted by Crippen LogP contribution is -2.35. The fourth-order valence-corrected chi connectivity index (χ4v) is 2.84. The normalized spacial score (nSPS) is 13.2. The molecule has 138 valence electrons. The molecule has 27 heavy (non-hydrogen) atoms. The third-order valence-electron chi connectivity index (χ3n) is 4.42. The minimum Gasteiger partial charge on any atom is -0.481 e. The summed E-state index contributed by atoms with van der Waals surface area (Å²) in [5.41, 5.74) is 11.9. The number of carboxylic acids is 2. The summed E-state index contributed by atoms with van der Waals surface area (Å²) in [5.74, 6) is -2.00. The van der Waals surface area contributed by atoms with Crippen molar-refractivity contribution in [2.45, 2.75) is 18.8 Å². The molecular weight excluding hydrogens is 350 g/mol. The number of nitrogens with two attached hydrogens (primary N) is 2. The zero-order chi connectivity index (χ0) is 19.8. The predicted molar refractivity (Wildman–Crippen MR) is 98.3 cm³/mol. The first-order valence-electron chi connectivity index (χ1n) is 7.96. The molecule has 0 saturated carbocycles. The van der Waals surface area contributed by atoms with E-state index in [1.54, 1.807) is 19.1 Å². The number of hydrogen-bond acceptors (Lipinski definition) is 7. The van der Waals surface area contributed by atoms with Gasteiger partial charge in [0.15, 0.2) is 5.82 Å². The third kappa shape index (κ3) is 3.34. The molecule has 3 rings (SSSR count). The van der Waals surface area contributed by atoms with E-state index in [0.29, 0.717) is 22.3 Å². The van der Waals surface area contributed by atoms with E-state index in [9.17, 15) is 14.7 Å². The van der Waals surface area contributed by atoms with Crippen LogP contribution in [0.25, 0.3) is 11.0 Å². The average molecular weight is 367 g/mol. The number of hydrogen-bond donors (Lipinski definition) is 4. The third-order valence-corrected chi connectivity index (χ3v) is 4.42. The lowest BCUT2D eigenvalue weighted by Gasteiger charge is -2.25. The summed E-state index contributed by atoms with van der Waals surface area (Å²) in [6.45, 7) is 1.56. The molecule has 0 radical (unpaired) electrons. The number of benzene rings is 1. The van der Waals surface area contributed by atoms with Crippen LogP contribution >= 0.6 is 0 Å². The first-order valence-corrected chi connectivity index (χ1v) is 7.96. The quantitative estimate of drug-likeness (QED) is 0.522. The number of nitrogen functional groups attached to an aromatic ring is 2. The number of aliphatic carboxylic acids is 1. The Morgan fingerprint density at radius 2 is 1.67 bits per heavy atom. The van der Waals surface area contributed by atoms with Gasteiger partial charge in [0.2, 0.25) is 5.95 Å². The molecule has 0 aliphatic heterocycles. The largest absolute Gasteiger partial charge is 0.481 e. The number of carbonyl (C=O) groups is 2. The van der Waals surface area contributed by atoms with Gasteiger partial charge in [0.25, 0.3) is 0 Å². The van der Waals surface area contributed by atoms with Crippen molar-refractivity contribution in [1.29, 1.82) is 0 Å². The fourth-order valence-electron chi connectivity index (χ4n) is 2.84. The second-order valence-electron chi connectivity index (χ2n) is 6.33. The topological polar surface area (TPSA) is 165 Å². The molecular formula is C18H17N5O4. The van der Waals surface area contributed by atoms with E-state index in [4.69, 9.17) is 16.6 Å². The summed E-state index contributed by atoms with van der Waals surface area (Å²) in [7, 11) is 0. The van der Waals surface area contributed by atoms with Gasteiger partial charge in [0, 0.05) is 12.1 Å². The summed E-state index contributed by atoms with van der Waals surface area (Å²) in [6.07, 6.45) is 0.0640. The Labute approximate surface area is 153 Å². The van der Waals surface area contributed by atoms with Crippen LogP contribution in [0.15, 0.2) is 36.4 Å². The van der Waals surface area contributed by atoms with Gasteiger partial charge in [-0.05, 0) is 36.8 Å². The van der Waals surface area contributed by atoms with Gasteiger partial charge in [0.1, 0.15) is 5.52 Å². The lowest BCUT2D eigenvalue weighted by molar-refractivity contribution is -0.143. The SMILES string of the molecule is C[C@](Cc1ccc2nc(N)nc(N)c2n1)(C(=O)O)c1ccc(C(=O)O)cc1. The predicted octanol–water partition coefficient (Wildman–Crippen LogP) is 1.47. The highest BCUT2D eigenvalue weighted by Gasteiger charge is 2.36. The molecule has 0 unspecified atom stereocenters. The van der Waals surface area contributed by atoms with E-state index >= 15 is 0 Å². The molecule has 0 spiro atoms. The minimum absolute atomic E-state index is 0.0310. The molecule has 9 heteroatoms. The van der Waals surface area contributed by atoms with Crippen LogP contribution < -0.4 is 11.5 Å². The van der Waals surface area contributed by atoms with Gasteiger partial charge in [-0.2, -0.15) is 4.98 Å². The van der Waals surface area contributed by atoms with Gasteiger partial charge in [0.05, 0.1) is 16.5 Å². The fraction of sp³-hybridized carbons (Fsp3) is 0.167. The minimum atomic E-state index is -1.32. The smallest absolute Gasteiger partial charge is 0.335 e. The van der Waals surface area contributed by atoms with Gasteiger partial charge < -0.3 is 21.7 Å². The van der Waals surface area contributed by atoms with Crippen molar-refractivity contribution in [2.75, 3.05) is 11.5 Å². The molecule has 0 aliphatic rings. The van der Waals surface area contributed by atoms with E-state index < -0.39 is 17.4 Å². The van der Waals surface area contributed by atoms with E-state index in [1.165, 1.54) is 24.3 Å². The van der Waals surface area contributed by atoms with Crippen molar-refractivity contribution < 1.29 is 19.8 Å². The molecule has 0 bridgehead atoms. The van der Waals surface area contributed by atoms with Gasteiger partial charge in [-0.25, -0.2) is 14.8 Å². The van der Waals surface area contributed by atoms with Crippen molar-refractivity contribution in [3.8, 4) is 0 Å². The Hall–Kier alpha value is -3.75. The number of fused-ring (bicyclic) bond motifs is 1. The van der Waals surface area contributed by atoms with Crippen LogP contribution in [-0.4, -0.2) is 37.1 Å². The standard InChI is InChI=1S/C18H17N5O4/c1-18(16(26)27,10-4-2-9(3-5-10)15(24)25)8-11-6-7-12-13(21-11)14(19)23-17(20)22-12/h2-7H,8H2,1H3,(H,24,25)(H,26,27)(H4,19,20,22,23)/t18-/m1/s1. The van der Waals surface area contributed by atoms with Gasteiger partial charge in [-0.1, -0.05) is 12.1 Å². The average Bonchev–Trinajstić information content (AvgIpc) is 2.62. The van der Waals surface area contributed by atoms with E-state index in [0.717, 1.165) is 0 Å². The van der Waals surface area contributed by atoms with Crippen molar-refractivity contribution in [3.05, 3.63) is 53.2 Å². The molecule has 0 saturated heterocycles. The Kier molecular flexibility index (Phi) is 4.36. The highest BCUT2D eigenvalue weighted by molar-refractivity contribution is 5.88. The van der Waals surface area contributed by atoms with Gasteiger partial charge >= 0.3 is 11.9 Å². The van der Waals surface area contributed by atoms with Crippen molar-refractivity contribution in [2.24, 2.45) is 0 Å². The van der Waals surface area contributed by atoms with E-state index in [1.807, 2.05) is 0 Å². The van der Waals surface area contributed by atoms with Crippen LogP contribution in [0.2, 0.25) is 0 Å². The van der Waals surface area contributed by atoms with Crippen molar-refractivity contribution in [1.82, 2.24) is 15.0 Å². The Morgan fingerprint density at radius 1 is 1.00 bits per heavy atom. The second kappa shape index (κ2) is 6.52. The molecule has 1 aromatic carbocycles. The molecule has 2 aromatic heterocycles. The van der Waals surface area contributed by atoms with E-state index in [2.05, 4.69) is 15.0 Å². The highest BCUT2D eigenvalue weighted by Crippen LogP contribution is 2.29. The van der Waals surface area contributed by atoms with E-state index in [-0.39, 0.29) is 23.8 Å². The zero-order valence-electron chi connectivity index (χ0n) is 14.4. The summed E-state index contributed by atoms with van der Waals surface area (Å²) in [6, 6.07) is 9.05. The molecule has 6 N–H and O–H groups in total. The van der Waals surface area contributed by atoms with Crippen LogP contribution in [0.3, 0.4) is 0 Å². The first kappa shape index (κ1) is 18.1. The summed E-state index contributed by atoms with van der Waals surface area (Å²) >= 11 is 0. The number of aromatic carboxylic acids is 1. The maximum atomic E-state index is 12.0. The van der Waals surface area contributed by atoms with Crippen LogP contribution in [0.1, 0.15) is 28.5 Å². The molecule has 0 amide bonds. The maximum Gasteiger partial charge on any atom is 0.335 e. The summed E-state index contributed by atoms with van der Waals surface area (Å²) < 4.78 is 0. The Balaban J connectivity index is 2.02.